The van der Waals surface area contributed by atoms with Crippen molar-refractivity contribution in [2.75, 3.05) is 19.0 Å². The van der Waals surface area contributed by atoms with Gasteiger partial charge in [0.2, 0.25) is 0 Å². The van der Waals surface area contributed by atoms with Crippen LogP contribution in [0.15, 0.2) is 52.9 Å². The third kappa shape index (κ3) is 2.18. The zero-order valence-electron chi connectivity index (χ0n) is 11.5. The number of anilines is 1. The molecule has 0 atom stereocenters. The van der Waals surface area contributed by atoms with Crippen molar-refractivity contribution in [2.45, 2.75) is 0 Å². The van der Waals surface area contributed by atoms with E-state index in [1.807, 2.05) is 38.4 Å². The first-order valence-electron chi connectivity index (χ1n) is 6.44. The van der Waals surface area contributed by atoms with Gasteiger partial charge in [0.1, 0.15) is 17.6 Å². The van der Waals surface area contributed by atoms with Crippen molar-refractivity contribution in [1.82, 2.24) is 0 Å². The highest BCUT2D eigenvalue weighted by Gasteiger charge is 2.07. The highest BCUT2D eigenvalue weighted by molar-refractivity contribution is 5.88. The number of carbonyl (C=O) groups excluding carboxylic acids is 1. The molecule has 2 aromatic carbocycles. The van der Waals surface area contributed by atoms with Crippen molar-refractivity contribution in [3.8, 4) is 11.3 Å². The van der Waals surface area contributed by atoms with Gasteiger partial charge in [0.25, 0.3) is 0 Å². The normalized spacial score (nSPS) is 10.7. The molecule has 3 heteroatoms. The lowest BCUT2D eigenvalue weighted by Crippen LogP contribution is -2.07. The Bertz CT molecular complexity index is 754. The van der Waals surface area contributed by atoms with E-state index in [0.717, 1.165) is 34.3 Å². The van der Waals surface area contributed by atoms with Gasteiger partial charge in [-0.2, -0.15) is 0 Å². The van der Waals surface area contributed by atoms with Gasteiger partial charge in [0.05, 0.1) is 0 Å². The Hall–Kier alpha value is -2.55. The summed E-state index contributed by atoms with van der Waals surface area (Å²) in [6, 6.07) is 15.6. The fourth-order valence-electron chi connectivity index (χ4n) is 2.19. The van der Waals surface area contributed by atoms with Crippen molar-refractivity contribution in [3.63, 3.8) is 0 Å². The second kappa shape index (κ2) is 4.85. The van der Waals surface area contributed by atoms with Crippen LogP contribution in [0.2, 0.25) is 0 Å². The maximum atomic E-state index is 10.8. The van der Waals surface area contributed by atoms with Crippen LogP contribution in [0.1, 0.15) is 10.4 Å². The van der Waals surface area contributed by atoms with Crippen LogP contribution in [0.5, 0.6) is 0 Å². The standard InChI is InChI=1S/C17H15NO2/c1-18(2)15-7-5-13(6-8-15)17-10-14-4-3-12(11-19)9-16(14)20-17/h3-11H,1-2H3. The van der Waals surface area contributed by atoms with Crippen LogP contribution < -0.4 is 4.90 Å². The maximum absolute atomic E-state index is 10.8. The fraction of sp³-hybridized carbons (Fsp3) is 0.118. The molecule has 1 aromatic heterocycles. The largest absolute Gasteiger partial charge is 0.456 e. The molecule has 0 saturated heterocycles. The molecule has 20 heavy (non-hydrogen) atoms. The number of fused-ring (bicyclic) bond motifs is 1. The van der Waals surface area contributed by atoms with Gasteiger partial charge in [-0.15, -0.1) is 0 Å². The number of nitrogens with zero attached hydrogens (tertiary/aromatic N) is 1. The third-order valence-corrected chi connectivity index (χ3v) is 3.35. The van der Waals surface area contributed by atoms with Crippen molar-refractivity contribution in [3.05, 3.63) is 54.1 Å². The van der Waals surface area contributed by atoms with Crippen LogP contribution in [0.3, 0.4) is 0 Å². The highest BCUT2D eigenvalue weighted by atomic mass is 16.3. The maximum Gasteiger partial charge on any atom is 0.150 e. The summed E-state index contributed by atoms with van der Waals surface area (Å²) in [5.74, 6) is 0.813. The molecule has 0 fully saturated rings. The first-order valence-corrected chi connectivity index (χ1v) is 6.44. The molecule has 0 amide bonds. The summed E-state index contributed by atoms with van der Waals surface area (Å²) in [4.78, 5) is 12.8. The molecule has 0 radical (unpaired) electrons. The van der Waals surface area contributed by atoms with E-state index in [1.54, 1.807) is 12.1 Å². The molecule has 0 aliphatic carbocycles. The molecule has 0 aliphatic heterocycles. The van der Waals surface area contributed by atoms with E-state index in [4.69, 9.17) is 4.42 Å². The predicted molar refractivity (Wildman–Crippen MR) is 81.4 cm³/mol. The Morgan fingerprint density at radius 2 is 1.75 bits per heavy atom. The Balaban J connectivity index is 2.03. The summed E-state index contributed by atoms with van der Waals surface area (Å²) in [5.41, 5.74) is 3.54. The van der Waals surface area contributed by atoms with Crippen molar-refractivity contribution in [2.24, 2.45) is 0 Å². The lowest BCUT2D eigenvalue weighted by atomic mass is 10.1. The van der Waals surface area contributed by atoms with Gasteiger partial charge < -0.3 is 9.32 Å². The second-order valence-electron chi connectivity index (χ2n) is 4.97. The fourth-order valence-corrected chi connectivity index (χ4v) is 2.19. The first kappa shape index (κ1) is 12.5. The molecule has 0 saturated carbocycles. The van der Waals surface area contributed by atoms with Crippen molar-refractivity contribution < 1.29 is 9.21 Å². The quantitative estimate of drug-likeness (QED) is 0.672. The lowest BCUT2D eigenvalue weighted by molar-refractivity contribution is 0.112. The minimum Gasteiger partial charge on any atom is -0.456 e. The van der Waals surface area contributed by atoms with Crippen LogP contribution in [0.4, 0.5) is 5.69 Å². The molecule has 3 rings (SSSR count). The van der Waals surface area contributed by atoms with E-state index < -0.39 is 0 Å². The Morgan fingerprint density at radius 1 is 1.00 bits per heavy atom. The molecule has 100 valence electrons. The number of aldehydes is 1. The van der Waals surface area contributed by atoms with E-state index in [9.17, 15) is 4.79 Å². The number of rotatable bonds is 3. The Kier molecular flexibility index (Phi) is 3.03. The molecular weight excluding hydrogens is 250 g/mol. The summed E-state index contributed by atoms with van der Waals surface area (Å²) >= 11 is 0. The topological polar surface area (TPSA) is 33.5 Å². The summed E-state index contributed by atoms with van der Waals surface area (Å²) < 4.78 is 5.82. The number of furan rings is 1. The minimum absolute atomic E-state index is 0.626. The highest BCUT2D eigenvalue weighted by Crippen LogP contribution is 2.29. The van der Waals surface area contributed by atoms with Gasteiger partial charge in [-0.25, -0.2) is 0 Å². The molecule has 0 unspecified atom stereocenters. The molecule has 1 heterocycles. The van der Waals surface area contributed by atoms with Crippen LogP contribution in [-0.2, 0) is 0 Å². The minimum atomic E-state index is 0.626. The summed E-state index contributed by atoms with van der Waals surface area (Å²) in [5, 5.41) is 1.00. The van der Waals surface area contributed by atoms with Gasteiger partial charge in [-0.1, -0.05) is 12.1 Å². The number of hydrogen-bond acceptors (Lipinski definition) is 3. The zero-order chi connectivity index (χ0) is 14.1. The third-order valence-electron chi connectivity index (χ3n) is 3.35. The van der Waals surface area contributed by atoms with Crippen molar-refractivity contribution >= 4 is 22.9 Å². The SMILES string of the molecule is CN(C)c1ccc(-c2cc3ccc(C=O)cc3o2)cc1. The average molecular weight is 265 g/mol. The van der Waals surface area contributed by atoms with Crippen LogP contribution >= 0.6 is 0 Å². The Labute approximate surface area is 117 Å². The van der Waals surface area contributed by atoms with E-state index in [2.05, 4.69) is 17.0 Å². The predicted octanol–water partition coefficient (Wildman–Crippen LogP) is 3.98. The van der Waals surface area contributed by atoms with Gasteiger partial charge in [0.15, 0.2) is 0 Å². The van der Waals surface area contributed by atoms with E-state index >= 15 is 0 Å². The number of carbonyl (C=O) groups is 1. The van der Waals surface area contributed by atoms with E-state index in [-0.39, 0.29) is 0 Å². The monoisotopic (exact) mass is 265 g/mol. The molecule has 3 nitrogen and oxygen atoms in total. The summed E-state index contributed by atoms with van der Waals surface area (Å²) in [7, 11) is 4.02. The molecule has 0 aliphatic rings. The van der Waals surface area contributed by atoms with Gasteiger partial charge >= 0.3 is 0 Å². The average Bonchev–Trinajstić information content (AvgIpc) is 2.90. The first-order chi connectivity index (χ1) is 9.67. The van der Waals surface area contributed by atoms with Gasteiger partial charge in [0, 0.05) is 36.3 Å². The Morgan fingerprint density at radius 3 is 2.40 bits per heavy atom. The smallest absolute Gasteiger partial charge is 0.150 e. The number of benzene rings is 2. The van der Waals surface area contributed by atoms with E-state index in [0.29, 0.717) is 5.56 Å². The van der Waals surface area contributed by atoms with E-state index in [1.165, 1.54) is 0 Å². The molecule has 0 spiro atoms. The van der Waals surface area contributed by atoms with Crippen LogP contribution in [-0.4, -0.2) is 20.4 Å². The molecular formula is C17H15NO2. The van der Waals surface area contributed by atoms with Crippen LogP contribution in [0, 0.1) is 0 Å². The summed E-state index contributed by atoms with van der Waals surface area (Å²) in [6.45, 7) is 0. The molecule has 0 bridgehead atoms. The molecule has 0 N–H and O–H groups in total. The van der Waals surface area contributed by atoms with Crippen LogP contribution in [0.25, 0.3) is 22.3 Å². The van der Waals surface area contributed by atoms with Gasteiger partial charge in [-0.3, -0.25) is 4.79 Å². The lowest BCUT2D eigenvalue weighted by Gasteiger charge is -2.11. The summed E-state index contributed by atoms with van der Waals surface area (Å²) in [6.07, 6.45) is 0.827. The van der Waals surface area contributed by atoms with Gasteiger partial charge in [-0.05, 0) is 36.4 Å². The molecule has 3 aromatic rings. The van der Waals surface area contributed by atoms with Crippen molar-refractivity contribution in [1.29, 1.82) is 0 Å². The second-order valence-corrected chi connectivity index (χ2v) is 4.97. The zero-order valence-corrected chi connectivity index (χ0v) is 11.5. The number of hydrogen-bond donors (Lipinski definition) is 0.